The highest BCUT2D eigenvalue weighted by molar-refractivity contribution is 6.17. The summed E-state index contributed by atoms with van der Waals surface area (Å²) < 4.78 is 4.90. The summed E-state index contributed by atoms with van der Waals surface area (Å²) in [5, 5.41) is 0. The minimum absolute atomic E-state index is 0.348. The first kappa shape index (κ1) is 15.4. The van der Waals surface area contributed by atoms with E-state index in [2.05, 4.69) is 6.58 Å². The van der Waals surface area contributed by atoms with Crippen molar-refractivity contribution in [3.8, 4) is 0 Å². The summed E-state index contributed by atoms with van der Waals surface area (Å²) in [5.41, 5.74) is 0.417. The van der Waals surface area contributed by atoms with Gasteiger partial charge >= 0.3 is 5.97 Å². The van der Waals surface area contributed by atoms with Gasteiger partial charge in [-0.1, -0.05) is 6.58 Å². The first-order chi connectivity index (χ1) is 7.68. The topological polar surface area (TPSA) is 44.8 Å². The van der Waals surface area contributed by atoms with E-state index in [1.54, 1.807) is 6.92 Å². The molecule has 0 aromatic rings. The van der Waals surface area contributed by atoms with Crippen molar-refractivity contribution in [3.05, 3.63) is 12.2 Å². The van der Waals surface area contributed by atoms with Crippen molar-refractivity contribution >= 4 is 17.6 Å². The molecule has 0 saturated carbocycles. The van der Waals surface area contributed by atoms with Crippen LogP contribution < -0.4 is 0 Å². The van der Waals surface area contributed by atoms with Crippen LogP contribution in [0.2, 0.25) is 0 Å². The summed E-state index contributed by atoms with van der Waals surface area (Å²) in [6, 6.07) is 0. The minimum atomic E-state index is -0.348. The fraction of sp³-hybridized carbons (Fsp3) is 0.727. The van der Waals surface area contributed by atoms with Gasteiger partial charge in [-0.2, -0.15) is 0 Å². The standard InChI is InChI=1S/C11H19ClO4/c1-10(2)11(13)14-7-3-4-8-15-16-9-5-6-12/h1,3-9H2,2H3. The molecule has 0 saturated heterocycles. The molecular weight excluding hydrogens is 232 g/mol. The second kappa shape index (κ2) is 10.9. The zero-order valence-corrected chi connectivity index (χ0v) is 10.4. The number of rotatable bonds is 10. The average Bonchev–Trinajstić information content (AvgIpc) is 2.26. The number of carbonyl (C=O) groups excluding carboxylic acids is 1. The van der Waals surface area contributed by atoms with Crippen molar-refractivity contribution < 1.29 is 19.3 Å². The van der Waals surface area contributed by atoms with Crippen molar-refractivity contribution in [2.24, 2.45) is 0 Å². The number of esters is 1. The van der Waals surface area contributed by atoms with Crippen molar-refractivity contribution in [2.75, 3.05) is 25.7 Å². The number of hydrogen-bond donors (Lipinski definition) is 0. The lowest BCUT2D eigenvalue weighted by Crippen LogP contribution is -2.07. The van der Waals surface area contributed by atoms with Crippen LogP contribution in [0.25, 0.3) is 0 Å². The molecule has 0 heterocycles. The van der Waals surface area contributed by atoms with Gasteiger partial charge in [0.15, 0.2) is 0 Å². The van der Waals surface area contributed by atoms with Crippen LogP contribution in [0.3, 0.4) is 0 Å². The Balaban J connectivity index is 3.10. The van der Waals surface area contributed by atoms with Crippen LogP contribution in [0.15, 0.2) is 12.2 Å². The van der Waals surface area contributed by atoms with E-state index in [9.17, 15) is 4.79 Å². The predicted molar refractivity (Wildman–Crippen MR) is 62.2 cm³/mol. The zero-order valence-electron chi connectivity index (χ0n) is 9.67. The van der Waals surface area contributed by atoms with Crippen molar-refractivity contribution in [1.29, 1.82) is 0 Å². The van der Waals surface area contributed by atoms with Gasteiger partial charge in [0.05, 0.1) is 19.8 Å². The van der Waals surface area contributed by atoms with Gasteiger partial charge in [-0.3, -0.25) is 0 Å². The summed E-state index contributed by atoms with van der Waals surface area (Å²) in [4.78, 5) is 20.7. The van der Waals surface area contributed by atoms with E-state index in [4.69, 9.17) is 26.1 Å². The van der Waals surface area contributed by atoms with Gasteiger partial charge in [0.2, 0.25) is 0 Å². The first-order valence-corrected chi connectivity index (χ1v) is 5.85. The third-order valence-corrected chi connectivity index (χ3v) is 1.92. The maximum Gasteiger partial charge on any atom is 0.333 e. The second-order valence-electron chi connectivity index (χ2n) is 3.31. The Morgan fingerprint density at radius 1 is 1.12 bits per heavy atom. The molecule has 0 atom stereocenters. The second-order valence-corrected chi connectivity index (χ2v) is 3.69. The number of unbranched alkanes of at least 4 members (excludes halogenated alkanes) is 1. The first-order valence-electron chi connectivity index (χ1n) is 5.31. The molecule has 0 aromatic carbocycles. The number of alkyl halides is 1. The minimum Gasteiger partial charge on any atom is -0.462 e. The molecule has 0 rings (SSSR count). The van der Waals surface area contributed by atoms with Crippen LogP contribution >= 0.6 is 11.6 Å². The highest BCUT2D eigenvalue weighted by atomic mass is 35.5. The number of ether oxygens (including phenoxy) is 1. The summed E-state index contributed by atoms with van der Waals surface area (Å²) >= 11 is 5.45. The third-order valence-electron chi connectivity index (χ3n) is 1.65. The largest absolute Gasteiger partial charge is 0.462 e. The number of halogens is 1. The van der Waals surface area contributed by atoms with Crippen LogP contribution in [-0.2, 0) is 19.3 Å². The molecule has 0 radical (unpaired) electrons. The van der Waals surface area contributed by atoms with E-state index >= 15 is 0 Å². The van der Waals surface area contributed by atoms with Gasteiger partial charge < -0.3 is 4.74 Å². The van der Waals surface area contributed by atoms with E-state index < -0.39 is 0 Å². The molecular formula is C11H19ClO4. The van der Waals surface area contributed by atoms with Gasteiger partial charge in [0, 0.05) is 11.5 Å². The number of carbonyl (C=O) groups is 1. The lowest BCUT2D eigenvalue weighted by atomic mass is 10.3. The molecule has 16 heavy (non-hydrogen) atoms. The molecule has 0 aliphatic rings. The quantitative estimate of drug-likeness (QED) is 0.149. The Labute approximate surface area is 101 Å². The average molecular weight is 251 g/mol. The fourth-order valence-corrected chi connectivity index (χ4v) is 0.892. The Kier molecular flexibility index (Phi) is 10.5. The molecule has 94 valence electrons. The SMILES string of the molecule is C=C(C)C(=O)OCCCCOOCCCCl. The molecule has 0 spiro atoms. The van der Waals surface area contributed by atoms with E-state index in [-0.39, 0.29) is 5.97 Å². The lowest BCUT2D eigenvalue weighted by Gasteiger charge is -2.04. The molecule has 0 aliphatic heterocycles. The smallest absolute Gasteiger partial charge is 0.333 e. The Hall–Kier alpha value is -0.580. The van der Waals surface area contributed by atoms with E-state index in [1.807, 2.05) is 0 Å². The Morgan fingerprint density at radius 3 is 2.25 bits per heavy atom. The van der Waals surface area contributed by atoms with Crippen molar-refractivity contribution in [1.82, 2.24) is 0 Å². The molecule has 0 aliphatic carbocycles. The molecule has 4 nitrogen and oxygen atoms in total. The summed E-state index contributed by atoms with van der Waals surface area (Å²) in [6.07, 6.45) is 2.31. The van der Waals surface area contributed by atoms with Gasteiger partial charge in [-0.05, 0) is 26.2 Å². The normalized spacial score (nSPS) is 10.1. The predicted octanol–water partition coefficient (Wildman–Crippen LogP) is 2.46. The van der Waals surface area contributed by atoms with Gasteiger partial charge in [0.1, 0.15) is 0 Å². The third kappa shape index (κ3) is 9.96. The molecule has 0 N–H and O–H groups in total. The van der Waals surface area contributed by atoms with Gasteiger partial charge in [-0.25, -0.2) is 14.6 Å². The maximum absolute atomic E-state index is 11.0. The van der Waals surface area contributed by atoms with E-state index in [0.29, 0.717) is 31.3 Å². The molecule has 0 fully saturated rings. The van der Waals surface area contributed by atoms with Crippen LogP contribution in [0, 0.1) is 0 Å². The summed E-state index contributed by atoms with van der Waals surface area (Å²) in [6.45, 7) is 6.49. The van der Waals surface area contributed by atoms with Crippen LogP contribution in [0.1, 0.15) is 26.2 Å². The summed E-state index contributed by atoms with van der Waals surface area (Å²) in [5.74, 6) is 0.222. The highest BCUT2D eigenvalue weighted by Gasteiger charge is 2.01. The van der Waals surface area contributed by atoms with Crippen molar-refractivity contribution in [3.63, 3.8) is 0 Å². The molecule has 5 heteroatoms. The molecule has 0 amide bonds. The Bertz CT molecular complexity index is 206. The molecule has 0 bridgehead atoms. The zero-order chi connectivity index (χ0) is 12.2. The fourth-order valence-electron chi connectivity index (χ4n) is 0.782. The molecule has 0 unspecified atom stereocenters. The van der Waals surface area contributed by atoms with Gasteiger partial charge in [0.25, 0.3) is 0 Å². The highest BCUT2D eigenvalue weighted by Crippen LogP contribution is 1.97. The lowest BCUT2D eigenvalue weighted by molar-refractivity contribution is -0.294. The summed E-state index contributed by atoms with van der Waals surface area (Å²) in [7, 11) is 0. The van der Waals surface area contributed by atoms with E-state index in [0.717, 1.165) is 19.3 Å². The van der Waals surface area contributed by atoms with Crippen LogP contribution in [0.5, 0.6) is 0 Å². The van der Waals surface area contributed by atoms with Gasteiger partial charge in [-0.15, -0.1) is 11.6 Å². The number of hydrogen-bond acceptors (Lipinski definition) is 4. The molecule has 0 aromatic heterocycles. The maximum atomic E-state index is 11.0. The van der Waals surface area contributed by atoms with Crippen LogP contribution in [0.4, 0.5) is 0 Å². The van der Waals surface area contributed by atoms with Crippen LogP contribution in [-0.4, -0.2) is 31.7 Å². The van der Waals surface area contributed by atoms with Crippen molar-refractivity contribution in [2.45, 2.75) is 26.2 Å². The Morgan fingerprint density at radius 2 is 1.69 bits per heavy atom. The monoisotopic (exact) mass is 250 g/mol. The van der Waals surface area contributed by atoms with E-state index in [1.165, 1.54) is 0 Å².